The van der Waals surface area contributed by atoms with Crippen LogP contribution in [0.2, 0.25) is 5.02 Å². The summed E-state index contributed by atoms with van der Waals surface area (Å²) in [4.78, 5) is 26.5. The molecule has 0 radical (unpaired) electrons. The Kier molecular flexibility index (Phi) is 11.9. The summed E-state index contributed by atoms with van der Waals surface area (Å²) in [6.07, 6.45) is 4.16. The Hall–Kier alpha value is -2.14. The van der Waals surface area contributed by atoms with Gasteiger partial charge in [0.15, 0.2) is 0 Å². The molecule has 0 aliphatic carbocycles. The van der Waals surface area contributed by atoms with Crippen LogP contribution in [0.25, 0.3) is 0 Å². The molecule has 214 valence electrons. The molecule has 0 spiro atoms. The van der Waals surface area contributed by atoms with Crippen LogP contribution in [-0.4, -0.2) is 81.7 Å². The monoisotopic (exact) mass is 556 g/mol. The van der Waals surface area contributed by atoms with Crippen molar-refractivity contribution in [3.05, 3.63) is 34.6 Å². The minimum Gasteiger partial charge on any atom is -0.453 e. The summed E-state index contributed by atoms with van der Waals surface area (Å²) in [6, 6.07) is 4.41. The zero-order chi connectivity index (χ0) is 27.5. The van der Waals surface area contributed by atoms with Crippen molar-refractivity contribution in [2.75, 3.05) is 53.6 Å². The molecular formula is C27H42ClFN4O5. The van der Waals surface area contributed by atoms with Crippen molar-refractivity contribution >= 4 is 23.7 Å². The fraction of sp³-hybridized carbons (Fsp3) is 0.704. The van der Waals surface area contributed by atoms with Gasteiger partial charge in [-0.3, -0.25) is 0 Å². The fourth-order valence-corrected chi connectivity index (χ4v) is 5.83. The van der Waals surface area contributed by atoms with E-state index in [2.05, 4.69) is 20.7 Å². The van der Waals surface area contributed by atoms with Crippen LogP contribution in [0, 0.1) is 17.7 Å². The van der Waals surface area contributed by atoms with Gasteiger partial charge in [-0.25, -0.2) is 14.0 Å². The van der Waals surface area contributed by atoms with Gasteiger partial charge in [0.25, 0.3) is 0 Å². The number of carbonyl (C=O) groups excluding carboxylic acids is 2. The van der Waals surface area contributed by atoms with E-state index in [1.165, 1.54) is 13.2 Å². The van der Waals surface area contributed by atoms with Crippen molar-refractivity contribution in [3.63, 3.8) is 0 Å². The van der Waals surface area contributed by atoms with Gasteiger partial charge >= 0.3 is 12.1 Å². The van der Waals surface area contributed by atoms with Gasteiger partial charge in [0.05, 0.1) is 17.7 Å². The third kappa shape index (κ3) is 8.18. The molecule has 3 unspecified atom stereocenters. The number of halogens is 2. The highest BCUT2D eigenvalue weighted by atomic mass is 35.5. The van der Waals surface area contributed by atoms with Crippen LogP contribution in [-0.2, 0) is 15.1 Å². The molecule has 2 aliphatic heterocycles. The normalized spacial score (nSPS) is 20.9. The number of rotatable bonds is 11. The summed E-state index contributed by atoms with van der Waals surface area (Å²) >= 11 is 6.08. The Morgan fingerprint density at radius 2 is 2.08 bits per heavy atom. The van der Waals surface area contributed by atoms with Crippen LogP contribution in [0.1, 0.15) is 50.5 Å². The number of benzene rings is 1. The van der Waals surface area contributed by atoms with E-state index in [4.69, 9.17) is 16.3 Å². The Bertz CT molecular complexity index is 919. The smallest absolute Gasteiger partial charge is 0.406 e. The van der Waals surface area contributed by atoms with E-state index < -0.39 is 23.4 Å². The lowest BCUT2D eigenvalue weighted by Crippen LogP contribution is -2.54. The molecule has 0 aromatic heterocycles. The molecule has 2 fully saturated rings. The van der Waals surface area contributed by atoms with Crippen molar-refractivity contribution < 1.29 is 28.6 Å². The van der Waals surface area contributed by atoms with Gasteiger partial charge in [0.1, 0.15) is 5.82 Å². The van der Waals surface area contributed by atoms with Gasteiger partial charge < -0.3 is 35.4 Å². The molecule has 2 saturated heterocycles. The predicted octanol–water partition coefficient (Wildman–Crippen LogP) is 3.63. The molecule has 1 aromatic rings. The number of likely N-dealkylation sites (N-methyl/N-ethyl adjacent to an activating group) is 1. The average Bonchev–Trinajstić information content (AvgIpc) is 2.93. The third-order valence-electron chi connectivity index (χ3n) is 7.73. The van der Waals surface area contributed by atoms with Crippen LogP contribution >= 0.6 is 11.6 Å². The minimum absolute atomic E-state index is 0.0235. The maximum absolute atomic E-state index is 15.2. The topological polar surface area (TPSA) is 112 Å². The molecule has 1 aromatic carbocycles. The van der Waals surface area contributed by atoms with Crippen molar-refractivity contribution in [3.8, 4) is 0 Å². The first-order chi connectivity index (χ1) is 18.3. The van der Waals surface area contributed by atoms with Gasteiger partial charge in [-0.2, -0.15) is 0 Å². The van der Waals surface area contributed by atoms with Gasteiger partial charge in [-0.15, -0.1) is 0 Å². The molecule has 0 saturated carbocycles. The molecule has 4 N–H and O–H groups in total. The molecule has 11 heteroatoms. The lowest BCUT2D eigenvalue weighted by atomic mass is 9.74. The number of piperidine rings is 1. The summed E-state index contributed by atoms with van der Waals surface area (Å²) in [6.45, 7) is 3.27. The lowest BCUT2D eigenvalue weighted by molar-refractivity contribution is -0.0576. The quantitative estimate of drug-likeness (QED) is 0.310. The highest BCUT2D eigenvalue weighted by Crippen LogP contribution is 2.41. The number of carbonyl (C=O) groups is 2. The summed E-state index contributed by atoms with van der Waals surface area (Å²) in [5.74, 6) is -0.568. The molecule has 3 amide bonds. The second-order valence-electron chi connectivity index (χ2n) is 10.3. The summed E-state index contributed by atoms with van der Waals surface area (Å²) in [5.41, 5.74) is -1.46. The number of hydrogen-bond donors (Lipinski definition) is 4. The summed E-state index contributed by atoms with van der Waals surface area (Å²) < 4.78 is 25.3. The first kappa shape index (κ1) is 30.4. The van der Waals surface area contributed by atoms with E-state index in [-0.39, 0.29) is 42.2 Å². The van der Waals surface area contributed by atoms with E-state index in [0.29, 0.717) is 38.3 Å². The maximum atomic E-state index is 15.2. The van der Waals surface area contributed by atoms with Gasteiger partial charge in [-0.05, 0) is 64.0 Å². The summed E-state index contributed by atoms with van der Waals surface area (Å²) in [5, 5.41) is 20.9. The Labute approximate surface area is 229 Å². The van der Waals surface area contributed by atoms with Crippen LogP contribution in [0.4, 0.5) is 14.0 Å². The summed E-state index contributed by atoms with van der Waals surface area (Å²) in [7, 11) is 3.15. The van der Waals surface area contributed by atoms with Crippen LogP contribution < -0.4 is 16.0 Å². The number of nitrogens with one attached hydrogen (secondary N) is 3. The molecule has 0 bridgehead atoms. The predicted molar refractivity (Wildman–Crippen MR) is 144 cm³/mol. The molecule has 2 aliphatic rings. The Morgan fingerprint density at radius 3 is 2.79 bits per heavy atom. The molecular weight excluding hydrogens is 515 g/mol. The second-order valence-corrected chi connectivity index (χ2v) is 10.7. The van der Waals surface area contributed by atoms with Crippen molar-refractivity contribution in [1.82, 2.24) is 20.9 Å². The number of ether oxygens (including phenoxy) is 2. The number of alkyl carbamates (subject to hydrolysis) is 1. The zero-order valence-electron chi connectivity index (χ0n) is 22.4. The van der Waals surface area contributed by atoms with Crippen molar-refractivity contribution in [2.45, 2.75) is 56.6 Å². The van der Waals surface area contributed by atoms with E-state index in [9.17, 15) is 14.7 Å². The third-order valence-corrected chi connectivity index (χ3v) is 8.02. The fourth-order valence-electron chi connectivity index (χ4n) is 5.66. The Balaban J connectivity index is 1.72. The first-order valence-corrected chi connectivity index (χ1v) is 13.9. The molecule has 38 heavy (non-hydrogen) atoms. The SMILES string of the molecule is CNCC(CC1CCOCC1)NC(=O)N1CCCC(C(O)(CCCNC(=O)OC)c2cccc(Cl)c2F)C1. The molecule has 2 heterocycles. The number of aliphatic hydroxyl groups is 1. The van der Waals surface area contributed by atoms with E-state index >= 15 is 4.39 Å². The number of methoxy groups -OCH3 is 1. The molecule has 9 nitrogen and oxygen atoms in total. The van der Waals surface area contributed by atoms with Crippen LogP contribution in [0.3, 0.4) is 0 Å². The van der Waals surface area contributed by atoms with Crippen molar-refractivity contribution in [1.29, 1.82) is 0 Å². The first-order valence-electron chi connectivity index (χ1n) is 13.5. The number of nitrogens with zero attached hydrogens (tertiary/aromatic N) is 1. The highest BCUT2D eigenvalue weighted by molar-refractivity contribution is 6.30. The van der Waals surface area contributed by atoms with Gasteiger partial charge in [0, 0.05) is 56.9 Å². The van der Waals surface area contributed by atoms with Crippen LogP contribution in [0.5, 0.6) is 0 Å². The van der Waals surface area contributed by atoms with Crippen molar-refractivity contribution in [2.24, 2.45) is 11.8 Å². The number of likely N-dealkylation sites (tertiary alicyclic amines) is 1. The second kappa shape index (κ2) is 14.9. The number of urea groups is 1. The van der Waals surface area contributed by atoms with Gasteiger partial charge in [-0.1, -0.05) is 23.7 Å². The molecule has 3 atom stereocenters. The minimum atomic E-state index is -1.57. The largest absolute Gasteiger partial charge is 0.453 e. The van der Waals surface area contributed by atoms with E-state index in [1.54, 1.807) is 17.0 Å². The van der Waals surface area contributed by atoms with E-state index in [0.717, 1.165) is 32.5 Å². The molecule has 3 rings (SSSR count). The van der Waals surface area contributed by atoms with Crippen LogP contribution in [0.15, 0.2) is 18.2 Å². The Morgan fingerprint density at radius 1 is 1.32 bits per heavy atom. The van der Waals surface area contributed by atoms with E-state index in [1.807, 2.05) is 7.05 Å². The zero-order valence-corrected chi connectivity index (χ0v) is 23.2. The highest BCUT2D eigenvalue weighted by Gasteiger charge is 2.43. The average molecular weight is 557 g/mol. The number of hydrogen-bond acceptors (Lipinski definition) is 6. The lowest BCUT2D eigenvalue weighted by Gasteiger charge is -2.43. The standard InChI is InChI=1S/C27H42ClFN4O5/c1-30-17-21(16-19-9-14-38-15-10-19)32-25(34)33-13-4-6-20(18-33)27(36,11-5-12-31-26(35)37-2)22-7-3-8-23(28)24(22)29/h3,7-8,19-21,30,36H,4-6,9-18H2,1-2H3,(H,31,35)(H,32,34). The maximum Gasteiger partial charge on any atom is 0.406 e. The number of amides is 3. The van der Waals surface area contributed by atoms with Gasteiger partial charge in [0.2, 0.25) is 0 Å².